The van der Waals surface area contributed by atoms with Gasteiger partial charge in [-0.1, -0.05) is 37.3 Å². The van der Waals surface area contributed by atoms with Gasteiger partial charge in [-0.3, -0.25) is 4.79 Å². The Morgan fingerprint density at radius 2 is 1.95 bits per heavy atom. The lowest BCUT2D eigenvalue weighted by molar-refractivity contribution is -0.120. The quantitative estimate of drug-likeness (QED) is 0.754. The Labute approximate surface area is 140 Å². The van der Waals surface area contributed by atoms with E-state index in [9.17, 15) is 4.79 Å². The fourth-order valence-electron chi connectivity index (χ4n) is 2.66. The van der Waals surface area contributed by atoms with E-state index in [0.717, 1.165) is 28.6 Å². The first-order valence-corrected chi connectivity index (χ1v) is 8.72. The Bertz CT molecular complexity index is 499. The zero-order valence-corrected chi connectivity index (χ0v) is 14.7. The zero-order chi connectivity index (χ0) is 15.2. The number of halogens is 2. The van der Waals surface area contributed by atoms with Gasteiger partial charge in [0.1, 0.15) is 0 Å². The number of hydrogen-bond donors (Lipinski definition) is 2. The third-order valence-corrected chi connectivity index (χ3v) is 4.97. The smallest absolute Gasteiger partial charge is 0.239 e. The summed E-state index contributed by atoms with van der Waals surface area (Å²) in [6.45, 7) is 2.23. The maximum atomic E-state index is 12.0. The highest BCUT2D eigenvalue weighted by atomic mass is 79.9. The fourth-order valence-corrected chi connectivity index (χ4v) is 3.42. The standard InChI is InChI=1S/C16H22BrClN2O/c1-11-8-13(17)15(9-14(11)18)19-10-16(21)20-12-6-4-2-3-5-7-12/h8-9,12,19H,2-7,10H2,1H3,(H,20,21). The van der Waals surface area contributed by atoms with Crippen LogP contribution in [0.2, 0.25) is 5.02 Å². The topological polar surface area (TPSA) is 41.1 Å². The van der Waals surface area contributed by atoms with Gasteiger partial charge in [-0.25, -0.2) is 0 Å². The van der Waals surface area contributed by atoms with Gasteiger partial charge in [-0.2, -0.15) is 0 Å². The average molecular weight is 374 g/mol. The lowest BCUT2D eigenvalue weighted by Gasteiger charge is -2.17. The summed E-state index contributed by atoms with van der Waals surface area (Å²) in [5.41, 5.74) is 1.86. The largest absolute Gasteiger partial charge is 0.375 e. The first kappa shape index (κ1) is 16.6. The first-order chi connectivity index (χ1) is 10.1. The number of anilines is 1. The molecular formula is C16H22BrClN2O. The molecule has 21 heavy (non-hydrogen) atoms. The molecule has 1 aliphatic carbocycles. The second-order valence-electron chi connectivity index (χ2n) is 5.69. The molecule has 1 aromatic rings. The Morgan fingerprint density at radius 1 is 1.29 bits per heavy atom. The van der Waals surface area contributed by atoms with Gasteiger partial charge in [0, 0.05) is 15.5 Å². The van der Waals surface area contributed by atoms with Gasteiger partial charge in [0.2, 0.25) is 5.91 Å². The van der Waals surface area contributed by atoms with Crippen molar-refractivity contribution in [3.8, 4) is 0 Å². The minimum absolute atomic E-state index is 0.0468. The number of carbonyl (C=O) groups excluding carboxylic acids is 1. The Morgan fingerprint density at radius 3 is 2.62 bits per heavy atom. The Hall–Kier alpha value is -0.740. The molecule has 0 unspecified atom stereocenters. The van der Waals surface area contributed by atoms with Crippen molar-refractivity contribution in [2.45, 2.75) is 51.5 Å². The molecular weight excluding hydrogens is 352 g/mol. The molecule has 1 aliphatic rings. The highest BCUT2D eigenvalue weighted by molar-refractivity contribution is 9.10. The van der Waals surface area contributed by atoms with Crippen LogP contribution < -0.4 is 10.6 Å². The molecule has 1 fully saturated rings. The lowest BCUT2D eigenvalue weighted by atomic mass is 10.1. The molecule has 2 N–H and O–H groups in total. The van der Waals surface area contributed by atoms with E-state index in [0.29, 0.717) is 11.1 Å². The third-order valence-electron chi connectivity index (χ3n) is 3.91. The maximum Gasteiger partial charge on any atom is 0.239 e. The minimum atomic E-state index is 0.0468. The monoisotopic (exact) mass is 372 g/mol. The van der Waals surface area contributed by atoms with E-state index in [-0.39, 0.29) is 12.5 Å². The highest BCUT2D eigenvalue weighted by Crippen LogP contribution is 2.29. The number of rotatable bonds is 4. The van der Waals surface area contributed by atoms with Gasteiger partial charge in [0.25, 0.3) is 0 Å². The fraction of sp³-hybridized carbons (Fsp3) is 0.562. The van der Waals surface area contributed by atoms with E-state index in [1.165, 1.54) is 25.7 Å². The maximum absolute atomic E-state index is 12.0. The number of benzene rings is 1. The van der Waals surface area contributed by atoms with Crippen molar-refractivity contribution >= 4 is 39.1 Å². The summed E-state index contributed by atoms with van der Waals surface area (Å²) < 4.78 is 0.923. The zero-order valence-electron chi connectivity index (χ0n) is 12.3. The normalized spacial score (nSPS) is 16.3. The number of nitrogens with one attached hydrogen (secondary N) is 2. The van der Waals surface area contributed by atoms with Gasteiger partial charge in [-0.15, -0.1) is 0 Å². The van der Waals surface area contributed by atoms with Gasteiger partial charge in [0.05, 0.1) is 12.2 Å². The van der Waals surface area contributed by atoms with Crippen LogP contribution in [0, 0.1) is 6.92 Å². The molecule has 0 radical (unpaired) electrons. The van der Waals surface area contributed by atoms with Crippen LogP contribution in [0.15, 0.2) is 16.6 Å². The van der Waals surface area contributed by atoms with Gasteiger partial charge in [-0.05, 0) is 53.4 Å². The molecule has 1 saturated carbocycles. The van der Waals surface area contributed by atoms with Crippen LogP contribution in [0.5, 0.6) is 0 Å². The van der Waals surface area contributed by atoms with Crippen molar-refractivity contribution in [1.82, 2.24) is 5.32 Å². The van der Waals surface area contributed by atoms with Gasteiger partial charge in [0.15, 0.2) is 0 Å². The number of hydrogen-bond acceptors (Lipinski definition) is 2. The molecule has 3 nitrogen and oxygen atoms in total. The van der Waals surface area contributed by atoms with Crippen LogP contribution in [0.4, 0.5) is 5.69 Å². The van der Waals surface area contributed by atoms with E-state index in [1.807, 2.05) is 19.1 Å². The van der Waals surface area contributed by atoms with Crippen LogP contribution in [-0.4, -0.2) is 18.5 Å². The molecule has 0 spiro atoms. The van der Waals surface area contributed by atoms with Crippen LogP contribution in [-0.2, 0) is 4.79 Å². The predicted octanol–water partition coefficient (Wildman–Crippen LogP) is 4.66. The molecule has 1 amide bonds. The summed E-state index contributed by atoms with van der Waals surface area (Å²) in [4.78, 5) is 12.0. The number of amides is 1. The SMILES string of the molecule is Cc1cc(Br)c(NCC(=O)NC2CCCCCC2)cc1Cl. The van der Waals surface area contributed by atoms with Gasteiger partial charge >= 0.3 is 0 Å². The van der Waals surface area contributed by atoms with E-state index in [2.05, 4.69) is 26.6 Å². The average Bonchev–Trinajstić information content (AvgIpc) is 2.70. The van der Waals surface area contributed by atoms with E-state index < -0.39 is 0 Å². The molecule has 0 aromatic heterocycles. The number of carbonyl (C=O) groups is 1. The first-order valence-electron chi connectivity index (χ1n) is 7.55. The summed E-state index contributed by atoms with van der Waals surface area (Å²) in [5.74, 6) is 0.0468. The van der Waals surface area contributed by atoms with E-state index in [1.54, 1.807) is 0 Å². The predicted molar refractivity (Wildman–Crippen MR) is 92.0 cm³/mol. The molecule has 0 saturated heterocycles. The number of aryl methyl sites for hydroxylation is 1. The van der Waals surface area contributed by atoms with Crippen molar-refractivity contribution < 1.29 is 4.79 Å². The summed E-state index contributed by atoms with van der Waals surface area (Å²) in [7, 11) is 0. The Balaban J connectivity index is 1.84. The molecule has 1 aromatic carbocycles. The van der Waals surface area contributed by atoms with Crippen LogP contribution in [0.25, 0.3) is 0 Å². The molecule has 2 rings (SSSR count). The van der Waals surface area contributed by atoms with Crippen molar-refractivity contribution in [3.05, 3.63) is 27.2 Å². The summed E-state index contributed by atoms with van der Waals surface area (Å²) in [6.07, 6.45) is 7.23. The van der Waals surface area contributed by atoms with E-state index >= 15 is 0 Å². The van der Waals surface area contributed by atoms with Crippen molar-refractivity contribution in [3.63, 3.8) is 0 Å². The van der Waals surface area contributed by atoms with Gasteiger partial charge < -0.3 is 10.6 Å². The van der Waals surface area contributed by atoms with Crippen LogP contribution in [0.3, 0.4) is 0 Å². The van der Waals surface area contributed by atoms with E-state index in [4.69, 9.17) is 11.6 Å². The second kappa shape index (κ2) is 8.04. The molecule has 0 atom stereocenters. The molecule has 0 aliphatic heterocycles. The second-order valence-corrected chi connectivity index (χ2v) is 6.95. The minimum Gasteiger partial charge on any atom is -0.375 e. The van der Waals surface area contributed by atoms with Crippen molar-refractivity contribution in [2.24, 2.45) is 0 Å². The third kappa shape index (κ3) is 5.19. The summed E-state index contributed by atoms with van der Waals surface area (Å²) in [5, 5.41) is 6.97. The highest BCUT2D eigenvalue weighted by Gasteiger charge is 2.14. The molecule has 0 heterocycles. The lowest BCUT2D eigenvalue weighted by Crippen LogP contribution is -2.38. The Kier molecular flexibility index (Phi) is 6.37. The van der Waals surface area contributed by atoms with Crippen LogP contribution >= 0.6 is 27.5 Å². The van der Waals surface area contributed by atoms with Crippen LogP contribution in [0.1, 0.15) is 44.1 Å². The molecule has 5 heteroatoms. The summed E-state index contributed by atoms with van der Waals surface area (Å²) in [6, 6.07) is 4.14. The summed E-state index contributed by atoms with van der Waals surface area (Å²) >= 11 is 9.60. The van der Waals surface area contributed by atoms with Crippen molar-refractivity contribution in [1.29, 1.82) is 0 Å². The molecule has 116 valence electrons. The molecule has 0 bridgehead atoms. The van der Waals surface area contributed by atoms with Crippen molar-refractivity contribution in [2.75, 3.05) is 11.9 Å².